The second kappa shape index (κ2) is 9.82. The molecule has 1 saturated heterocycles. The number of carbonyl (C=O) groups excluding carboxylic acids is 3. The predicted octanol–water partition coefficient (Wildman–Crippen LogP) is 5.06. The number of nitrogens with one attached hydrogen (secondary N) is 1. The zero-order valence-electron chi connectivity index (χ0n) is 18.5. The fraction of sp³-hybridized carbons (Fsp3) is 0.250. The van der Waals surface area contributed by atoms with Crippen molar-refractivity contribution in [1.82, 2.24) is 4.90 Å². The standard InChI is InChI=1S/C24H20F3N3O3S2/c1-2-3-11-29-22(33)20(35-23(29)34)19-16-9-4-5-10-17(16)30(21(19)32)13-18(31)28-15-8-6-7-14(12-15)24(25,26)27/h4-10,12H,2-3,11,13H2,1H3,(H,28,31)/b20-19-. The number of amides is 3. The van der Waals surface area contributed by atoms with Gasteiger partial charge in [-0.2, -0.15) is 13.2 Å². The minimum atomic E-state index is -4.55. The third kappa shape index (κ3) is 4.96. The molecule has 1 N–H and O–H groups in total. The molecule has 1 fully saturated rings. The van der Waals surface area contributed by atoms with E-state index in [9.17, 15) is 27.6 Å². The highest BCUT2D eigenvalue weighted by Crippen LogP contribution is 2.44. The second-order valence-corrected chi connectivity index (χ2v) is 9.56. The number of halogens is 3. The maximum atomic E-state index is 13.4. The number of nitrogens with zero attached hydrogens (tertiary/aromatic N) is 2. The number of hydrogen-bond acceptors (Lipinski definition) is 5. The van der Waals surface area contributed by atoms with Crippen LogP contribution < -0.4 is 10.2 Å². The van der Waals surface area contributed by atoms with Crippen LogP contribution in [0.1, 0.15) is 30.9 Å². The summed E-state index contributed by atoms with van der Waals surface area (Å²) in [6.07, 6.45) is -2.91. The van der Waals surface area contributed by atoms with Gasteiger partial charge in [0.25, 0.3) is 11.8 Å². The molecule has 6 nitrogen and oxygen atoms in total. The lowest BCUT2D eigenvalue weighted by atomic mass is 10.1. The van der Waals surface area contributed by atoms with Crippen molar-refractivity contribution in [3.05, 3.63) is 64.6 Å². The summed E-state index contributed by atoms with van der Waals surface area (Å²) in [5.74, 6) is -1.56. The van der Waals surface area contributed by atoms with Gasteiger partial charge in [0.2, 0.25) is 5.91 Å². The molecule has 4 rings (SSSR count). The number of hydrogen-bond donors (Lipinski definition) is 1. The maximum absolute atomic E-state index is 13.4. The SMILES string of the molecule is CCCCN1C(=O)/C(=C2/C(=O)N(CC(=O)Nc3cccc(C(F)(F)F)c3)c3ccccc32)SC1=S. The molecule has 2 aromatic carbocycles. The number of benzene rings is 2. The Morgan fingerprint density at radius 2 is 1.80 bits per heavy atom. The normalized spacial score (nSPS) is 17.9. The van der Waals surface area contributed by atoms with Crippen LogP contribution in [0, 0.1) is 0 Å². The second-order valence-electron chi connectivity index (χ2n) is 7.92. The Bertz CT molecular complexity index is 1260. The zero-order chi connectivity index (χ0) is 25.3. The van der Waals surface area contributed by atoms with Crippen molar-refractivity contribution in [3.63, 3.8) is 0 Å². The Balaban J connectivity index is 1.60. The highest BCUT2D eigenvalue weighted by molar-refractivity contribution is 8.26. The average Bonchev–Trinajstić information content (AvgIpc) is 3.24. The van der Waals surface area contributed by atoms with E-state index in [1.807, 2.05) is 6.92 Å². The molecule has 182 valence electrons. The van der Waals surface area contributed by atoms with E-state index in [0.717, 1.165) is 36.7 Å². The lowest BCUT2D eigenvalue weighted by Gasteiger charge is -2.17. The lowest BCUT2D eigenvalue weighted by molar-refractivity contribution is -0.137. The number of anilines is 2. The lowest BCUT2D eigenvalue weighted by Crippen LogP contribution is -2.35. The summed E-state index contributed by atoms with van der Waals surface area (Å²) >= 11 is 6.41. The molecule has 2 aliphatic heterocycles. The van der Waals surface area contributed by atoms with Crippen LogP contribution in [-0.2, 0) is 20.6 Å². The monoisotopic (exact) mass is 519 g/mol. The summed E-state index contributed by atoms with van der Waals surface area (Å²) in [6, 6.07) is 11.0. The number of rotatable bonds is 6. The van der Waals surface area contributed by atoms with E-state index in [-0.39, 0.29) is 22.1 Å². The number of alkyl halides is 3. The van der Waals surface area contributed by atoms with Gasteiger partial charge >= 0.3 is 6.18 Å². The third-order valence-electron chi connectivity index (χ3n) is 5.51. The van der Waals surface area contributed by atoms with Crippen molar-refractivity contribution in [2.24, 2.45) is 0 Å². The van der Waals surface area contributed by atoms with E-state index in [1.54, 1.807) is 24.3 Å². The van der Waals surface area contributed by atoms with Gasteiger partial charge < -0.3 is 5.32 Å². The van der Waals surface area contributed by atoms with Gasteiger partial charge in [0.05, 0.1) is 21.7 Å². The number of para-hydroxylation sites is 1. The summed E-state index contributed by atoms with van der Waals surface area (Å²) in [4.78, 5) is 42.1. The molecule has 3 amide bonds. The molecule has 35 heavy (non-hydrogen) atoms. The molecule has 0 aromatic heterocycles. The molecule has 0 atom stereocenters. The number of fused-ring (bicyclic) bond motifs is 1. The average molecular weight is 520 g/mol. The minimum absolute atomic E-state index is 0.0400. The van der Waals surface area contributed by atoms with Crippen LogP contribution in [0.25, 0.3) is 5.57 Å². The summed E-state index contributed by atoms with van der Waals surface area (Å²) in [7, 11) is 0. The molecule has 2 heterocycles. The van der Waals surface area contributed by atoms with Crippen LogP contribution >= 0.6 is 24.0 Å². The Labute approximate surface area is 209 Å². The smallest absolute Gasteiger partial charge is 0.325 e. The van der Waals surface area contributed by atoms with E-state index < -0.39 is 30.1 Å². The van der Waals surface area contributed by atoms with Gasteiger partial charge in [0, 0.05) is 17.8 Å². The highest BCUT2D eigenvalue weighted by Gasteiger charge is 2.42. The van der Waals surface area contributed by atoms with E-state index in [1.165, 1.54) is 21.9 Å². The van der Waals surface area contributed by atoms with Crippen LogP contribution in [0.3, 0.4) is 0 Å². The first-order chi connectivity index (χ1) is 16.6. The fourth-order valence-corrected chi connectivity index (χ4v) is 5.21. The quantitative estimate of drug-likeness (QED) is 0.427. The summed E-state index contributed by atoms with van der Waals surface area (Å²) in [6.45, 7) is 2.01. The van der Waals surface area contributed by atoms with E-state index in [4.69, 9.17) is 12.2 Å². The number of carbonyl (C=O) groups is 3. The molecule has 2 aromatic rings. The Kier molecular flexibility index (Phi) is 7.00. The molecular weight excluding hydrogens is 499 g/mol. The van der Waals surface area contributed by atoms with Gasteiger partial charge in [-0.3, -0.25) is 24.2 Å². The first-order valence-corrected chi connectivity index (χ1v) is 12.0. The molecular formula is C24H20F3N3O3S2. The number of thiocarbonyl (C=S) groups is 1. The van der Waals surface area contributed by atoms with Crippen molar-refractivity contribution in [3.8, 4) is 0 Å². The molecule has 0 bridgehead atoms. The van der Waals surface area contributed by atoms with Gasteiger partial charge in [-0.1, -0.05) is 61.6 Å². The molecule has 11 heteroatoms. The van der Waals surface area contributed by atoms with Gasteiger partial charge in [0.15, 0.2) is 0 Å². The summed E-state index contributed by atoms with van der Waals surface area (Å²) < 4.78 is 39.3. The van der Waals surface area contributed by atoms with Crippen LogP contribution in [0.2, 0.25) is 0 Å². The van der Waals surface area contributed by atoms with Crippen LogP contribution in [-0.4, -0.2) is 40.0 Å². The van der Waals surface area contributed by atoms with Crippen LogP contribution in [0.5, 0.6) is 0 Å². The maximum Gasteiger partial charge on any atom is 0.416 e. The topological polar surface area (TPSA) is 69.7 Å². The van der Waals surface area contributed by atoms with Crippen molar-refractivity contribution in [2.75, 3.05) is 23.3 Å². The van der Waals surface area contributed by atoms with Crippen LogP contribution in [0.15, 0.2) is 53.4 Å². The summed E-state index contributed by atoms with van der Waals surface area (Å²) in [5, 5.41) is 2.41. The zero-order valence-corrected chi connectivity index (χ0v) is 20.1. The molecule has 0 spiro atoms. The molecule has 0 unspecified atom stereocenters. The van der Waals surface area contributed by atoms with Gasteiger partial charge in [-0.25, -0.2) is 0 Å². The van der Waals surface area contributed by atoms with Crippen molar-refractivity contribution < 1.29 is 27.6 Å². The van der Waals surface area contributed by atoms with Crippen molar-refractivity contribution in [1.29, 1.82) is 0 Å². The van der Waals surface area contributed by atoms with Crippen LogP contribution in [0.4, 0.5) is 24.5 Å². The first kappa shape index (κ1) is 24.9. The van der Waals surface area contributed by atoms with Gasteiger partial charge in [-0.15, -0.1) is 0 Å². The van der Waals surface area contributed by atoms with Gasteiger partial charge in [-0.05, 0) is 30.7 Å². The number of unbranched alkanes of at least 4 members (excludes halogenated alkanes) is 1. The first-order valence-electron chi connectivity index (χ1n) is 10.8. The summed E-state index contributed by atoms with van der Waals surface area (Å²) in [5.41, 5.74) is 0.168. The van der Waals surface area contributed by atoms with Gasteiger partial charge in [0.1, 0.15) is 10.9 Å². The highest BCUT2D eigenvalue weighted by atomic mass is 32.2. The van der Waals surface area contributed by atoms with Crippen molar-refractivity contribution >= 4 is 63.0 Å². The minimum Gasteiger partial charge on any atom is -0.325 e. The molecule has 0 saturated carbocycles. The van der Waals surface area contributed by atoms with E-state index >= 15 is 0 Å². The largest absolute Gasteiger partial charge is 0.416 e. The Morgan fingerprint density at radius 1 is 1.06 bits per heavy atom. The van der Waals surface area contributed by atoms with Crippen molar-refractivity contribution in [2.45, 2.75) is 25.9 Å². The molecule has 2 aliphatic rings. The Hall–Kier alpha value is -3.18. The predicted molar refractivity (Wildman–Crippen MR) is 133 cm³/mol. The van der Waals surface area contributed by atoms with E-state index in [0.29, 0.717) is 22.1 Å². The Morgan fingerprint density at radius 3 is 2.51 bits per heavy atom. The molecule has 0 aliphatic carbocycles. The number of thioether (sulfide) groups is 1. The fourth-order valence-electron chi connectivity index (χ4n) is 3.83. The van der Waals surface area contributed by atoms with E-state index in [2.05, 4.69) is 5.32 Å². The molecule has 0 radical (unpaired) electrons. The third-order valence-corrected chi connectivity index (χ3v) is 6.96.